The monoisotopic (exact) mass is 306 g/mol. The van der Waals surface area contributed by atoms with E-state index in [9.17, 15) is 9.90 Å². The molecule has 0 fully saturated rings. The van der Waals surface area contributed by atoms with Crippen LogP contribution < -0.4 is 10.1 Å². The number of aromatic nitrogens is 1. The van der Waals surface area contributed by atoms with Crippen molar-refractivity contribution in [1.82, 2.24) is 5.16 Å². The molecule has 118 valence electrons. The number of benzene rings is 1. The van der Waals surface area contributed by atoms with Crippen LogP contribution in [0.4, 0.5) is 5.82 Å². The first-order valence-electron chi connectivity index (χ1n) is 6.69. The van der Waals surface area contributed by atoms with Gasteiger partial charge in [-0.2, -0.15) is 0 Å². The molecule has 2 rings (SSSR count). The zero-order valence-electron chi connectivity index (χ0n) is 12.6. The molecule has 2 aromatic rings. The summed E-state index contributed by atoms with van der Waals surface area (Å²) >= 11 is 0. The number of anilines is 1. The molecule has 22 heavy (non-hydrogen) atoms. The second-order valence-electron chi connectivity index (χ2n) is 4.77. The van der Waals surface area contributed by atoms with E-state index in [4.69, 9.17) is 14.0 Å². The number of nitrogens with one attached hydrogen (secondary N) is 1. The zero-order chi connectivity index (χ0) is 16.1. The van der Waals surface area contributed by atoms with Crippen LogP contribution in [0.15, 0.2) is 28.8 Å². The Bertz CT molecular complexity index is 636. The summed E-state index contributed by atoms with van der Waals surface area (Å²) in [5.41, 5.74) is 0.603. The van der Waals surface area contributed by atoms with Crippen LogP contribution in [-0.4, -0.2) is 43.1 Å². The molecule has 0 spiro atoms. The van der Waals surface area contributed by atoms with Crippen LogP contribution in [0.3, 0.4) is 0 Å². The molecule has 0 saturated heterocycles. The van der Waals surface area contributed by atoms with Gasteiger partial charge in [-0.05, 0) is 31.2 Å². The third-order valence-electron chi connectivity index (χ3n) is 3.06. The van der Waals surface area contributed by atoms with Crippen molar-refractivity contribution >= 4 is 11.8 Å². The summed E-state index contributed by atoms with van der Waals surface area (Å²) in [6, 6.07) is 6.79. The van der Waals surface area contributed by atoms with E-state index in [1.54, 1.807) is 38.5 Å². The van der Waals surface area contributed by atoms with Gasteiger partial charge in [0.2, 0.25) is 0 Å². The van der Waals surface area contributed by atoms with Crippen molar-refractivity contribution in [3.63, 3.8) is 0 Å². The number of carboxylic acids is 1. The van der Waals surface area contributed by atoms with Crippen LogP contribution in [0, 0.1) is 0 Å². The predicted molar refractivity (Wildman–Crippen MR) is 80.4 cm³/mol. The fourth-order valence-electron chi connectivity index (χ4n) is 2.05. The van der Waals surface area contributed by atoms with Gasteiger partial charge in [-0.25, -0.2) is 4.79 Å². The van der Waals surface area contributed by atoms with Crippen molar-refractivity contribution in [2.24, 2.45) is 0 Å². The molecule has 0 aliphatic heterocycles. The topological polar surface area (TPSA) is 93.8 Å². The summed E-state index contributed by atoms with van der Waals surface area (Å²) in [5, 5.41) is 16.2. The number of ether oxygens (including phenoxy) is 2. The normalized spacial score (nSPS) is 12.0. The fourth-order valence-corrected chi connectivity index (χ4v) is 2.05. The average Bonchev–Trinajstić information content (AvgIpc) is 2.91. The molecule has 1 aromatic heterocycles. The van der Waals surface area contributed by atoms with E-state index in [0.29, 0.717) is 17.9 Å². The standard InChI is InChI=1S/C15H18N2O5/c1-9(8-20-2)16-14-12(15(18)19)13(22-17-14)10-4-6-11(21-3)7-5-10/h4-7,9H,8H2,1-3H3,(H,16,17)(H,18,19)/t9-/m0/s1. The third-order valence-corrected chi connectivity index (χ3v) is 3.06. The highest BCUT2D eigenvalue weighted by Gasteiger charge is 2.24. The Labute approximate surface area is 127 Å². The lowest BCUT2D eigenvalue weighted by Crippen LogP contribution is -2.22. The molecular formula is C15H18N2O5. The molecule has 1 atom stereocenters. The molecule has 1 aromatic carbocycles. The molecule has 7 heteroatoms. The zero-order valence-corrected chi connectivity index (χ0v) is 12.6. The quantitative estimate of drug-likeness (QED) is 0.811. The highest BCUT2D eigenvalue weighted by molar-refractivity contribution is 5.99. The van der Waals surface area contributed by atoms with Crippen LogP contribution in [0.2, 0.25) is 0 Å². The maximum atomic E-state index is 11.5. The van der Waals surface area contributed by atoms with E-state index in [-0.39, 0.29) is 23.2 Å². The van der Waals surface area contributed by atoms with Crippen molar-refractivity contribution in [3.8, 4) is 17.1 Å². The predicted octanol–water partition coefficient (Wildman–Crippen LogP) is 2.50. The van der Waals surface area contributed by atoms with E-state index in [1.807, 2.05) is 6.92 Å². The number of carbonyl (C=O) groups is 1. The Morgan fingerprint density at radius 1 is 1.36 bits per heavy atom. The van der Waals surface area contributed by atoms with Gasteiger partial charge in [0.25, 0.3) is 0 Å². The molecule has 0 aliphatic rings. The molecular weight excluding hydrogens is 288 g/mol. The summed E-state index contributed by atoms with van der Waals surface area (Å²) in [6.45, 7) is 2.28. The first kappa shape index (κ1) is 15.8. The SMILES string of the molecule is COC[C@H](C)Nc1noc(-c2ccc(OC)cc2)c1C(=O)O. The summed E-state index contributed by atoms with van der Waals surface area (Å²) in [4.78, 5) is 11.5. The van der Waals surface area contributed by atoms with Crippen molar-refractivity contribution in [2.45, 2.75) is 13.0 Å². The molecule has 7 nitrogen and oxygen atoms in total. The number of aromatic carboxylic acids is 1. The Hall–Kier alpha value is -2.54. The smallest absolute Gasteiger partial charge is 0.343 e. The van der Waals surface area contributed by atoms with E-state index < -0.39 is 5.97 Å². The van der Waals surface area contributed by atoms with Crippen molar-refractivity contribution in [2.75, 3.05) is 26.1 Å². The molecule has 0 aliphatic carbocycles. The molecule has 0 radical (unpaired) electrons. The molecule has 2 N–H and O–H groups in total. The Morgan fingerprint density at radius 2 is 2.05 bits per heavy atom. The second-order valence-corrected chi connectivity index (χ2v) is 4.77. The number of carboxylic acid groups (broad SMARTS) is 1. The van der Waals surface area contributed by atoms with Crippen LogP contribution in [0.25, 0.3) is 11.3 Å². The summed E-state index contributed by atoms with van der Waals surface area (Å²) in [7, 11) is 3.13. The number of rotatable bonds is 7. The van der Waals surface area contributed by atoms with Crippen LogP contribution >= 0.6 is 0 Å². The number of hydrogen-bond donors (Lipinski definition) is 2. The highest BCUT2D eigenvalue weighted by Crippen LogP contribution is 2.30. The first-order chi connectivity index (χ1) is 10.6. The molecule has 0 amide bonds. The minimum atomic E-state index is -1.11. The Balaban J connectivity index is 2.35. The molecule has 1 heterocycles. The highest BCUT2D eigenvalue weighted by atomic mass is 16.5. The second kappa shape index (κ2) is 6.95. The Morgan fingerprint density at radius 3 is 2.59 bits per heavy atom. The van der Waals surface area contributed by atoms with Crippen LogP contribution in [0.5, 0.6) is 5.75 Å². The molecule has 0 bridgehead atoms. The number of methoxy groups -OCH3 is 2. The van der Waals surface area contributed by atoms with Gasteiger partial charge in [0, 0.05) is 18.7 Å². The van der Waals surface area contributed by atoms with E-state index in [1.165, 1.54) is 0 Å². The van der Waals surface area contributed by atoms with Crippen LogP contribution in [0.1, 0.15) is 17.3 Å². The summed E-state index contributed by atoms with van der Waals surface area (Å²) in [6.07, 6.45) is 0. The molecule has 0 unspecified atom stereocenters. The van der Waals surface area contributed by atoms with E-state index in [2.05, 4.69) is 10.5 Å². The minimum Gasteiger partial charge on any atom is -0.497 e. The maximum Gasteiger partial charge on any atom is 0.343 e. The lowest BCUT2D eigenvalue weighted by molar-refractivity contribution is 0.0698. The summed E-state index contributed by atoms with van der Waals surface area (Å²) < 4.78 is 15.3. The van der Waals surface area contributed by atoms with Crippen molar-refractivity contribution in [1.29, 1.82) is 0 Å². The van der Waals surface area contributed by atoms with Crippen LogP contribution in [-0.2, 0) is 4.74 Å². The maximum absolute atomic E-state index is 11.5. The lowest BCUT2D eigenvalue weighted by Gasteiger charge is -2.11. The van der Waals surface area contributed by atoms with Gasteiger partial charge in [-0.15, -0.1) is 0 Å². The lowest BCUT2D eigenvalue weighted by atomic mass is 10.1. The summed E-state index contributed by atoms with van der Waals surface area (Å²) in [5.74, 6) is -0.0588. The van der Waals surface area contributed by atoms with Gasteiger partial charge in [-0.3, -0.25) is 0 Å². The van der Waals surface area contributed by atoms with Crippen molar-refractivity contribution in [3.05, 3.63) is 29.8 Å². The largest absolute Gasteiger partial charge is 0.497 e. The molecule has 0 saturated carbocycles. The first-order valence-corrected chi connectivity index (χ1v) is 6.69. The number of nitrogens with zero attached hydrogens (tertiary/aromatic N) is 1. The van der Waals surface area contributed by atoms with Gasteiger partial charge in [0.15, 0.2) is 17.1 Å². The van der Waals surface area contributed by atoms with E-state index in [0.717, 1.165) is 0 Å². The van der Waals surface area contributed by atoms with Gasteiger partial charge in [-0.1, -0.05) is 5.16 Å². The van der Waals surface area contributed by atoms with Gasteiger partial charge in [0.1, 0.15) is 5.75 Å². The van der Waals surface area contributed by atoms with Gasteiger partial charge >= 0.3 is 5.97 Å². The van der Waals surface area contributed by atoms with Gasteiger partial charge in [0.05, 0.1) is 13.7 Å². The van der Waals surface area contributed by atoms with Gasteiger partial charge < -0.3 is 24.4 Å². The van der Waals surface area contributed by atoms with Crippen molar-refractivity contribution < 1.29 is 23.9 Å². The number of hydrogen-bond acceptors (Lipinski definition) is 6. The van der Waals surface area contributed by atoms with E-state index >= 15 is 0 Å². The third kappa shape index (κ3) is 3.37. The fraction of sp³-hybridized carbons (Fsp3) is 0.333. The Kier molecular flexibility index (Phi) is 5.00. The average molecular weight is 306 g/mol. The minimum absolute atomic E-state index is 0.00637.